The van der Waals surface area contributed by atoms with E-state index in [0.29, 0.717) is 12.3 Å². The van der Waals surface area contributed by atoms with E-state index < -0.39 is 11.4 Å². The van der Waals surface area contributed by atoms with E-state index >= 15 is 0 Å². The minimum atomic E-state index is -0.922. The van der Waals surface area contributed by atoms with E-state index in [1.807, 2.05) is 0 Å². The van der Waals surface area contributed by atoms with Gasteiger partial charge in [-0.05, 0) is 50.3 Å². The Hall–Kier alpha value is -1.84. The van der Waals surface area contributed by atoms with Gasteiger partial charge in [-0.2, -0.15) is 0 Å². The largest absolute Gasteiger partial charge is 0.481 e. The zero-order chi connectivity index (χ0) is 14.8. The van der Waals surface area contributed by atoms with Crippen molar-refractivity contribution in [1.82, 2.24) is 0 Å². The summed E-state index contributed by atoms with van der Waals surface area (Å²) in [6, 6.07) is 7.04. The maximum atomic E-state index is 11.8. The molecule has 1 saturated carbocycles. The summed E-state index contributed by atoms with van der Waals surface area (Å²) in [7, 11) is 0. The molecule has 1 aromatic carbocycles. The van der Waals surface area contributed by atoms with Gasteiger partial charge in [0.25, 0.3) is 0 Å². The van der Waals surface area contributed by atoms with Gasteiger partial charge >= 0.3 is 5.97 Å². The molecule has 0 aliphatic heterocycles. The summed E-state index contributed by atoms with van der Waals surface area (Å²) in [5, 5.41) is 12.0. The molecular formula is C16H21NO3. The Kier molecular flexibility index (Phi) is 4.12. The standard InChI is InChI=1S/C16H21NO3/c1-16(2,15(19)20)12-6-8-13(9-7-12)17-14(18)10-11-4-3-5-11/h6-9,11H,3-5,10H2,1-2H3,(H,17,18)(H,19,20). The molecule has 0 saturated heterocycles. The van der Waals surface area contributed by atoms with Crippen LogP contribution in [-0.4, -0.2) is 17.0 Å². The fraction of sp³-hybridized carbons (Fsp3) is 0.500. The summed E-state index contributed by atoms with van der Waals surface area (Å²) in [5.74, 6) is -0.278. The molecule has 4 heteroatoms. The number of anilines is 1. The maximum Gasteiger partial charge on any atom is 0.313 e. The van der Waals surface area contributed by atoms with E-state index in [2.05, 4.69) is 5.32 Å². The first-order chi connectivity index (χ1) is 9.39. The second-order valence-corrected chi connectivity index (χ2v) is 6.06. The first-order valence-corrected chi connectivity index (χ1v) is 7.03. The zero-order valence-electron chi connectivity index (χ0n) is 12.0. The topological polar surface area (TPSA) is 66.4 Å². The highest BCUT2D eigenvalue weighted by Crippen LogP contribution is 2.30. The van der Waals surface area contributed by atoms with Crippen LogP contribution < -0.4 is 5.32 Å². The molecule has 4 nitrogen and oxygen atoms in total. The molecule has 2 rings (SSSR count). The van der Waals surface area contributed by atoms with Crippen molar-refractivity contribution in [2.45, 2.75) is 44.9 Å². The normalized spacial score (nSPS) is 15.5. The summed E-state index contributed by atoms with van der Waals surface area (Å²) >= 11 is 0. The Morgan fingerprint density at radius 3 is 2.30 bits per heavy atom. The lowest BCUT2D eigenvalue weighted by atomic mass is 9.83. The molecule has 1 aromatic rings. The smallest absolute Gasteiger partial charge is 0.313 e. The second kappa shape index (κ2) is 5.65. The Bertz CT molecular complexity index is 501. The van der Waals surface area contributed by atoms with Crippen LogP contribution in [0.3, 0.4) is 0 Å². The van der Waals surface area contributed by atoms with Gasteiger partial charge in [0.1, 0.15) is 0 Å². The fourth-order valence-corrected chi connectivity index (χ4v) is 2.26. The van der Waals surface area contributed by atoms with E-state index in [-0.39, 0.29) is 5.91 Å². The molecule has 108 valence electrons. The van der Waals surface area contributed by atoms with Gasteiger partial charge in [0.2, 0.25) is 5.91 Å². The van der Waals surface area contributed by atoms with E-state index in [1.165, 1.54) is 6.42 Å². The predicted octanol–water partition coefficient (Wildman–Crippen LogP) is 3.18. The summed E-state index contributed by atoms with van der Waals surface area (Å²) < 4.78 is 0. The van der Waals surface area contributed by atoms with E-state index in [4.69, 9.17) is 0 Å². The van der Waals surface area contributed by atoms with Crippen LogP contribution in [0.2, 0.25) is 0 Å². The van der Waals surface area contributed by atoms with Gasteiger partial charge in [-0.3, -0.25) is 9.59 Å². The van der Waals surface area contributed by atoms with Gasteiger partial charge < -0.3 is 10.4 Å². The number of amides is 1. The molecule has 0 unspecified atom stereocenters. The molecule has 0 heterocycles. The number of rotatable bonds is 5. The number of nitrogens with one attached hydrogen (secondary N) is 1. The summed E-state index contributed by atoms with van der Waals surface area (Å²) in [4.78, 5) is 23.0. The van der Waals surface area contributed by atoms with Crippen molar-refractivity contribution in [2.75, 3.05) is 5.32 Å². The number of carboxylic acids is 1. The SMILES string of the molecule is CC(C)(C(=O)O)c1ccc(NC(=O)CC2CCC2)cc1. The zero-order valence-corrected chi connectivity index (χ0v) is 12.0. The van der Waals surface area contributed by atoms with Crippen molar-refractivity contribution in [1.29, 1.82) is 0 Å². The van der Waals surface area contributed by atoms with Crippen LogP contribution in [0, 0.1) is 5.92 Å². The van der Waals surface area contributed by atoms with Crippen molar-refractivity contribution in [3.63, 3.8) is 0 Å². The average molecular weight is 275 g/mol. The van der Waals surface area contributed by atoms with Crippen molar-refractivity contribution in [3.05, 3.63) is 29.8 Å². The van der Waals surface area contributed by atoms with Crippen LogP contribution in [0.15, 0.2) is 24.3 Å². The van der Waals surface area contributed by atoms with Crippen LogP contribution in [0.1, 0.15) is 45.1 Å². The number of hydrogen-bond acceptors (Lipinski definition) is 2. The quantitative estimate of drug-likeness (QED) is 0.867. The van der Waals surface area contributed by atoms with E-state index in [9.17, 15) is 14.7 Å². The minimum absolute atomic E-state index is 0.0416. The predicted molar refractivity (Wildman–Crippen MR) is 77.7 cm³/mol. The number of carbonyl (C=O) groups is 2. The van der Waals surface area contributed by atoms with Crippen LogP contribution in [0.25, 0.3) is 0 Å². The maximum absolute atomic E-state index is 11.8. The Balaban J connectivity index is 1.97. The first-order valence-electron chi connectivity index (χ1n) is 7.03. The Morgan fingerprint density at radius 1 is 1.25 bits per heavy atom. The molecule has 0 atom stereocenters. The van der Waals surface area contributed by atoms with Crippen molar-refractivity contribution < 1.29 is 14.7 Å². The molecule has 0 radical (unpaired) electrons. The molecule has 2 N–H and O–H groups in total. The highest BCUT2D eigenvalue weighted by Gasteiger charge is 2.29. The fourth-order valence-electron chi connectivity index (χ4n) is 2.26. The lowest BCUT2D eigenvalue weighted by Crippen LogP contribution is -2.28. The molecule has 1 amide bonds. The van der Waals surface area contributed by atoms with Crippen LogP contribution in [0.4, 0.5) is 5.69 Å². The molecule has 0 aromatic heterocycles. The van der Waals surface area contributed by atoms with Crippen LogP contribution in [0.5, 0.6) is 0 Å². The highest BCUT2D eigenvalue weighted by molar-refractivity contribution is 5.91. The first kappa shape index (κ1) is 14.6. The molecule has 1 aliphatic rings. The lowest BCUT2D eigenvalue weighted by Gasteiger charge is -2.24. The van der Waals surface area contributed by atoms with Gasteiger partial charge in [0.15, 0.2) is 0 Å². The average Bonchev–Trinajstić information content (AvgIpc) is 2.34. The van der Waals surface area contributed by atoms with E-state index in [0.717, 1.165) is 24.1 Å². The molecule has 0 spiro atoms. The Labute approximate surface area is 119 Å². The van der Waals surface area contributed by atoms with Gasteiger partial charge in [-0.25, -0.2) is 0 Å². The summed E-state index contributed by atoms with van der Waals surface area (Å²) in [5.41, 5.74) is 0.523. The molecule has 1 fully saturated rings. The van der Waals surface area contributed by atoms with Crippen molar-refractivity contribution in [3.8, 4) is 0 Å². The lowest BCUT2D eigenvalue weighted by molar-refractivity contribution is -0.142. The van der Waals surface area contributed by atoms with Gasteiger partial charge in [0.05, 0.1) is 5.41 Å². The summed E-state index contributed by atoms with van der Waals surface area (Å²) in [6.07, 6.45) is 4.12. The third-order valence-corrected chi connectivity index (χ3v) is 4.12. The number of carbonyl (C=O) groups excluding carboxylic acids is 1. The van der Waals surface area contributed by atoms with Crippen molar-refractivity contribution >= 4 is 17.6 Å². The number of carboxylic acid groups (broad SMARTS) is 1. The van der Waals surface area contributed by atoms with Crippen molar-refractivity contribution in [2.24, 2.45) is 5.92 Å². The third-order valence-electron chi connectivity index (χ3n) is 4.12. The number of benzene rings is 1. The molecular weight excluding hydrogens is 254 g/mol. The number of hydrogen-bond donors (Lipinski definition) is 2. The van der Waals surface area contributed by atoms with Gasteiger partial charge in [0, 0.05) is 12.1 Å². The van der Waals surface area contributed by atoms with E-state index in [1.54, 1.807) is 38.1 Å². The minimum Gasteiger partial charge on any atom is -0.481 e. The van der Waals surface area contributed by atoms with Gasteiger partial charge in [-0.1, -0.05) is 18.6 Å². The van der Waals surface area contributed by atoms with Crippen LogP contribution in [-0.2, 0) is 15.0 Å². The molecule has 20 heavy (non-hydrogen) atoms. The van der Waals surface area contributed by atoms with Gasteiger partial charge in [-0.15, -0.1) is 0 Å². The van der Waals surface area contributed by atoms with Crippen LogP contribution >= 0.6 is 0 Å². The molecule has 1 aliphatic carbocycles. The number of aliphatic carboxylic acids is 1. The monoisotopic (exact) mass is 275 g/mol. The third kappa shape index (κ3) is 3.18. The second-order valence-electron chi connectivity index (χ2n) is 6.06. The molecule has 0 bridgehead atoms. The summed E-state index contributed by atoms with van der Waals surface area (Å²) in [6.45, 7) is 3.33. The Morgan fingerprint density at radius 2 is 1.85 bits per heavy atom. The highest BCUT2D eigenvalue weighted by atomic mass is 16.4.